The highest BCUT2D eigenvalue weighted by atomic mass is 32.1. The molecule has 0 spiro atoms. The number of fused-ring (bicyclic) bond motifs is 6. The first-order valence-electron chi connectivity index (χ1n) is 38.5. The highest BCUT2D eigenvalue weighted by Gasteiger charge is 2.30. The van der Waals surface area contributed by atoms with Crippen LogP contribution in [-0.4, -0.2) is 48.5 Å². The summed E-state index contributed by atoms with van der Waals surface area (Å²) in [5, 5.41) is 5.06. The van der Waals surface area contributed by atoms with Gasteiger partial charge in [-0.25, -0.2) is 9.59 Å². The Hall–Kier alpha value is -7.56. The van der Waals surface area contributed by atoms with E-state index in [0.717, 1.165) is 82.6 Å². The molecule has 13 rings (SSSR count). The molecule has 8 aromatic heterocycles. The van der Waals surface area contributed by atoms with E-state index in [2.05, 4.69) is 182 Å². The molecular formula is C90H100N2O6S6. The normalized spacial score (nSPS) is 11.8. The van der Waals surface area contributed by atoms with Gasteiger partial charge in [-0.15, -0.1) is 68.0 Å². The van der Waals surface area contributed by atoms with Gasteiger partial charge in [0.25, 0.3) is 0 Å². The van der Waals surface area contributed by atoms with Crippen LogP contribution in [0.3, 0.4) is 0 Å². The molecule has 0 saturated heterocycles. The van der Waals surface area contributed by atoms with Crippen LogP contribution in [-0.2, 0) is 22.6 Å². The molecule has 0 N–H and O–H groups in total. The minimum atomic E-state index is -0.240. The zero-order valence-corrected chi connectivity index (χ0v) is 66.5. The van der Waals surface area contributed by atoms with Gasteiger partial charge in [0.1, 0.15) is 21.3 Å². The number of rotatable bonds is 40. The number of carbonyl (C=O) groups excluding carboxylic acids is 2. The van der Waals surface area contributed by atoms with Gasteiger partial charge in [0.15, 0.2) is 0 Å². The number of aryl methyl sites for hydroxylation is 2. The van der Waals surface area contributed by atoms with Crippen LogP contribution in [0.2, 0.25) is 0 Å². The average molecular weight is 1500 g/mol. The predicted octanol–water partition coefficient (Wildman–Crippen LogP) is 29.4. The number of ether oxygens (including phenoxy) is 4. The number of methoxy groups -OCH3 is 2. The minimum absolute atomic E-state index is 0.240. The lowest BCUT2D eigenvalue weighted by Gasteiger charge is -2.19. The Bertz CT molecular complexity index is 4650. The van der Waals surface area contributed by atoms with Gasteiger partial charge < -0.3 is 28.1 Å². The third-order valence-corrected chi connectivity index (χ3v) is 27.7. The third-order valence-electron chi connectivity index (χ3n) is 20.4. The zero-order chi connectivity index (χ0) is 71.7. The molecule has 0 amide bonds. The van der Waals surface area contributed by atoms with E-state index in [9.17, 15) is 9.59 Å². The molecule has 0 aliphatic rings. The summed E-state index contributed by atoms with van der Waals surface area (Å²) >= 11 is 10.3. The van der Waals surface area contributed by atoms with Gasteiger partial charge in [-0.3, -0.25) is 0 Å². The van der Waals surface area contributed by atoms with Crippen molar-refractivity contribution in [1.29, 1.82) is 0 Å². The van der Waals surface area contributed by atoms with Gasteiger partial charge >= 0.3 is 11.9 Å². The number of esters is 2. The predicted molar refractivity (Wildman–Crippen MR) is 450 cm³/mol. The van der Waals surface area contributed by atoms with Crippen LogP contribution in [0.15, 0.2) is 158 Å². The third kappa shape index (κ3) is 17.3. The maximum Gasteiger partial charge on any atom is 0.348 e. The molecule has 0 unspecified atom stereocenters. The van der Waals surface area contributed by atoms with Crippen LogP contribution in [0.1, 0.15) is 201 Å². The summed E-state index contributed by atoms with van der Waals surface area (Å²) in [6.45, 7) is 11.5. The topological polar surface area (TPSA) is 80.9 Å². The lowest BCUT2D eigenvalue weighted by Crippen LogP contribution is -2.03. The van der Waals surface area contributed by atoms with Crippen molar-refractivity contribution in [3.8, 4) is 93.7 Å². The van der Waals surface area contributed by atoms with E-state index in [4.69, 9.17) is 18.9 Å². The average Bonchev–Trinajstić information content (AvgIpc) is 1.52. The van der Waals surface area contributed by atoms with E-state index < -0.39 is 0 Å². The molecule has 0 radical (unpaired) electrons. The quantitative estimate of drug-likeness (QED) is 0.0281. The molecule has 13 aromatic rings. The molecule has 0 saturated carbocycles. The maximum atomic E-state index is 13.0. The van der Waals surface area contributed by atoms with E-state index in [1.165, 1.54) is 245 Å². The molecule has 0 bridgehead atoms. The number of unbranched alkanes of at least 4 members (excludes halogenated alkanes) is 20. The monoisotopic (exact) mass is 1500 g/mol. The van der Waals surface area contributed by atoms with Crippen molar-refractivity contribution in [2.75, 3.05) is 27.4 Å². The lowest BCUT2D eigenvalue weighted by atomic mass is 9.89. The Balaban J connectivity index is 0.973. The largest absolute Gasteiger partial charge is 0.497 e. The minimum Gasteiger partial charge on any atom is -0.497 e. The van der Waals surface area contributed by atoms with Crippen molar-refractivity contribution in [2.24, 2.45) is 0 Å². The van der Waals surface area contributed by atoms with Crippen molar-refractivity contribution in [3.05, 3.63) is 167 Å². The highest BCUT2D eigenvalue weighted by Crippen LogP contribution is 2.54. The smallest absolute Gasteiger partial charge is 0.348 e. The number of hydrogen-bond donors (Lipinski definition) is 0. The molecular weight excluding hydrogens is 1400 g/mol. The molecule has 0 fully saturated rings. The fourth-order valence-electron chi connectivity index (χ4n) is 14.7. The van der Waals surface area contributed by atoms with Gasteiger partial charge in [0.05, 0.1) is 38.5 Å². The highest BCUT2D eigenvalue weighted by molar-refractivity contribution is 7.28. The Morgan fingerprint density at radius 3 is 0.933 bits per heavy atom. The summed E-state index contributed by atoms with van der Waals surface area (Å²) in [6.07, 6.45) is 29.1. The molecule has 8 nitrogen and oxygen atoms in total. The van der Waals surface area contributed by atoms with Gasteiger partial charge in [-0.05, 0) is 169 Å². The molecule has 8 heterocycles. The lowest BCUT2D eigenvalue weighted by molar-refractivity contribution is 0.0496. The molecule has 0 aliphatic carbocycles. The van der Waals surface area contributed by atoms with Gasteiger partial charge in [0.2, 0.25) is 0 Å². The van der Waals surface area contributed by atoms with E-state index in [-0.39, 0.29) is 11.9 Å². The van der Waals surface area contributed by atoms with Crippen LogP contribution < -0.4 is 9.47 Å². The standard InChI is InChI=1S/C90H100N2O6S6/c1-7-11-15-17-19-21-23-25-27-29-55-91-69-41-35-63(71-43-45-73(99-71)75-47-49-77(101-75)79-51-53-81(103-79)89(93)97-57-13-9-3)59-67(69)85-84(62-33-39-66(96-6)40-34-62)88-86(83(87(85)91)61-31-37-65(95-5)38-32-61)68-60-64(36-42-70(68)92(88)56-30-28-26-24-22-20-18-16-12-8-2)72-44-46-74(100-72)76-48-50-78(102-76)80-52-54-82(104-80)90(94)98-58-14-10-4/h31-54,59-60H,7-30,55-58H2,1-6H3. The molecule has 0 atom stereocenters. The summed E-state index contributed by atoms with van der Waals surface area (Å²) in [4.78, 5) is 39.0. The zero-order valence-electron chi connectivity index (χ0n) is 61.6. The summed E-state index contributed by atoms with van der Waals surface area (Å²) in [7, 11) is 3.54. The Morgan fingerprint density at radius 1 is 0.308 bits per heavy atom. The van der Waals surface area contributed by atoms with Crippen molar-refractivity contribution in [2.45, 2.75) is 195 Å². The van der Waals surface area contributed by atoms with Gasteiger partial charge in [0, 0.05) is 106 Å². The Morgan fingerprint density at radius 2 is 0.596 bits per heavy atom. The summed E-state index contributed by atoms with van der Waals surface area (Å²) in [5.41, 5.74) is 12.3. The fraction of sp³-hybridized carbons (Fsp3) is 0.378. The first kappa shape index (κ1) is 74.7. The SMILES string of the molecule is CCCCCCCCCCCCn1c2ccc(-c3ccc(-c4ccc(-c5ccc(C(=O)OCCCC)s5)s4)s3)cc2c2c(-c3ccc(OC)cc3)c3c(c(-c4ccc(OC)cc4)c21)c1cc(-c2ccc(-c4ccc(-c5ccc(C(=O)OCCCC)s5)s4)s2)ccc1n3CCCCCCCCCCCC. The number of aromatic nitrogens is 2. The fourth-order valence-corrected chi connectivity index (χ4v) is 20.9. The van der Waals surface area contributed by atoms with Crippen molar-refractivity contribution >= 4 is 124 Å². The summed E-state index contributed by atoms with van der Waals surface area (Å²) in [6, 6.07) is 58.6. The second-order valence-corrected chi connectivity index (χ2v) is 34.3. The number of carbonyl (C=O) groups is 2. The van der Waals surface area contributed by atoms with Crippen LogP contribution >= 0.6 is 68.0 Å². The number of benzene rings is 5. The Labute approximate surface area is 639 Å². The summed E-state index contributed by atoms with van der Waals surface area (Å²) < 4.78 is 28.6. The molecule has 104 heavy (non-hydrogen) atoms. The second kappa shape index (κ2) is 36.6. The maximum absolute atomic E-state index is 13.0. The van der Waals surface area contributed by atoms with E-state index >= 15 is 0 Å². The van der Waals surface area contributed by atoms with E-state index in [1.807, 2.05) is 34.8 Å². The molecule has 5 aromatic carbocycles. The molecule has 0 aliphatic heterocycles. The summed E-state index contributed by atoms with van der Waals surface area (Å²) in [5.74, 6) is 1.19. The van der Waals surface area contributed by atoms with Crippen molar-refractivity contribution in [3.63, 3.8) is 0 Å². The van der Waals surface area contributed by atoms with Crippen LogP contribution in [0.25, 0.3) is 126 Å². The first-order chi connectivity index (χ1) is 51.2. The van der Waals surface area contributed by atoms with E-state index in [0.29, 0.717) is 23.0 Å². The van der Waals surface area contributed by atoms with Gasteiger partial charge in [-0.1, -0.05) is 193 Å². The van der Waals surface area contributed by atoms with Crippen LogP contribution in [0, 0.1) is 0 Å². The Kier molecular flexibility index (Phi) is 26.3. The van der Waals surface area contributed by atoms with Crippen LogP contribution in [0.4, 0.5) is 0 Å². The number of hydrogen-bond acceptors (Lipinski definition) is 12. The van der Waals surface area contributed by atoms with Crippen molar-refractivity contribution < 1.29 is 28.5 Å². The first-order valence-corrected chi connectivity index (χ1v) is 43.4. The number of thiophene rings is 6. The van der Waals surface area contributed by atoms with Crippen LogP contribution in [0.5, 0.6) is 11.5 Å². The van der Waals surface area contributed by atoms with Gasteiger partial charge in [-0.2, -0.15) is 0 Å². The molecule has 14 heteroatoms. The van der Waals surface area contributed by atoms with E-state index in [1.54, 1.807) is 36.9 Å². The molecule has 542 valence electrons. The number of nitrogens with zero attached hydrogens (tertiary/aromatic N) is 2. The second-order valence-electron chi connectivity index (χ2n) is 27.7. The van der Waals surface area contributed by atoms with Crippen molar-refractivity contribution in [1.82, 2.24) is 9.13 Å².